The van der Waals surface area contributed by atoms with Crippen LogP contribution in [0.4, 0.5) is 5.82 Å². The third-order valence-corrected chi connectivity index (χ3v) is 1.65. The smallest absolute Gasteiger partial charge is 0.156 e. The van der Waals surface area contributed by atoms with Gasteiger partial charge >= 0.3 is 0 Å². The maximum absolute atomic E-state index is 5.57. The first kappa shape index (κ1) is 12.4. The van der Waals surface area contributed by atoms with Crippen molar-refractivity contribution in [1.29, 1.82) is 0 Å². The van der Waals surface area contributed by atoms with Crippen LogP contribution in [0, 0.1) is 0 Å². The molecule has 0 radical (unpaired) electrons. The fourth-order valence-corrected chi connectivity index (χ4v) is 0.966. The van der Waals surface area contributed by atoms with Gasteiger partial charge in [-0.1, -0.05) is 0 Å². The molecule has 0 aliphatic rings. The van der Waals surface area contributed by atoms with Crippen molar-refractivity contribution < 1.29 is 4.74 Å². The molecule has 1 heterocycles. The summed E-state index contributed by atoms with van der Waals surface area (Å²) in [6.45, 7) is 0.368. The van der Waals surface area contributed by atoms with Gasteiger partial charge in [-0.05, 0) is 0 Å². The zero-order valence-corrected chi connectivity index (χ0v) is 8.73. The number of anilines is 1. The monoisotopic (exact) mass is 223 g/mol. The molecule has 0 aromatic carbocycles. The average molecular weight is 224 g/mol. The van der Waals surface area contributed by atoms with Crippen LogP contribution >= 0.6 is 24.0 Å². The number of alkyl halides is 1. The maximum Gasteiger partial charge on any atom is 0.156 e. The molecule has 0 aliphatic carbocycles. The predicted octanol–water partition coefficient (Wildman–Crippen LogP) is 1.37. The molecule has 1 aromatic heterocycles. The van der Waals surface area contributed by atoms with E-state index in [-0.39, 0.29) is 12.4 Å². The van der Waals surface area contributed by atoms with Crippen LogP contribution in [-0.2, 0) is 17.2 Å². The van der Waals surface area contributed by atoms with E-state index in [0.717, 1.165) is 5.56 Å². The highest BCUT2D eigenvalue weighted by atomic mass is 35.5. The second kappa shape index (κ2) is 5.96. The topological polar surface area (TPSA) is 61.0 Å². The Kier molecular flexibility index (Phi) is 5.70. The van der Waals surface area contributed by atoms with Crippen LogP contribution in [0.1, 0.15) is 11.4 Å². The molecular formula is C7H11Cl2N3O. The van der Waals surface area contributed by atoms with Gasteiger partial charge in [0.15, 0.2) is 5.82 Å². The van der Waals surface area contributed by atoms with Gasteiger partial charge in [-0.15, -0.1) is 24.0 Å². The molecule has 13 heavy (non-hydrogen) atoms. The first-order valence-corrected chi connectivity index (χ1v) is 3.96. The molecule has 2 N–H and O–H groups in total. The summed E-state index contributed by atoms with van der Waals surface area (Å²) in [5.41, 5.74) is 6.32. The molecule has 1 aromatic rings. The number of hydrogen-bond donors (Lipinski definition) is 1. The minimum Gasteiger partial charge on any atom is -0.383 e. The van der Waals surface area contributed by atoms with Crippen molar-refractivity contribution in [3.05, 3.63) is 17.6 Å². The lowest BCUT2D eigenvalue weighted by Crippen LogP contribution is -2.03. The standard InChI is InChI=1S/C7H10ClN3O.ClH/c1-12-4-6-10-3-5(2-8)7(9)11-6;/h3H,2,4H2,1H3,(H2,9,10,11);1H. The van der Waals surface area contributed by atoms with Crippen LogP contribution in [0.25, 0.3) is 0 Å². The van der Waals surface area contributed by atoms with Crippen molar-refractivity contribution in [2.75, 3.05) is 12.8 Å². The van der Waals surface area contributed by atoms with Crippen molar-refractivity contribution in [1.82, 2.24) is 9.97 Å². The molecule has 0 bridgehead atoms. The molecule has 0 unspecified atom stereocenters. The molecule has 0 fully saturated rings. The maximum atomic E-state index is 5.57. The molecule has 0 spiro atoms. The molecule has 0 atom stereocenters. The summed E-state index contributed by atoms with van der Waals surface area (Å²) >= 11 is 5.57. The number of rotatable bonds is 3. The summed E-state index contributed by atoms with van der Waals surface area (Å²) < 4.78 is 4.84. The fraction of sp³-hybridized carbons (Fsp3) is 0.429. The number of halogens is 2. The summed E-state index contributed by atoms with van der Waals surface area (Å²) in [6, 6.07) is 0. The van der Waals surface area contributed by atoms with Crippen LogP contribution in [-0.4, -0.2) is 17.1 Å². The highest BCUT2D eigenvalue weighted by Crippen LogP contribution is 2.09. The van der Waals surface area contributed by atoms with Crippen molar-refractivity contribution in [2.45, 2.75) is 12.5 Å². The Labute approximate surface area is 87.9 Å². The third-order valence-electron chi connectivity index (χ3n) is 1.37. The van der Waals surface area contributed by atoms with Crippen LogP contribution < -0.4 is 5.73 Å². The van der Waals surface area contributed by atoms with Gasteiger partial charge in [0.05, 0.1) is 5.88 Å². The van der Waals surface area contributed by atoms with E-state index in [0.29, 0.717) is 24.1 Å². The average Bonchev–Trinajstić information content (AvgIpc) is 2.05. The normalized spacial score (nSPS) is 9.38. The lowest BCUT2D eigenvalue weighted by molar-refractivity contribution is 0.178. The highest BCUT2D eigenvalue weighted by Gasteiger charge is 2.01. The highest BCUT2D eigenvalue weighted by molar-refractivity contribution is 6.17. The van der Waals surface area contributed by atoms with E-state index >= 15 is 0 Å². The Morgan fingerprint density at radius 2 is 2.31 bits per heavy atom. The quantitative estimate of drug-likeness (QED) is 0.787. The van der Waals surface area contributed by atoms with Crippen molar-refractivity contribution in [3.8, 4) is 0 Å². The number of ether oxygens (including phenoxy) is 1. The zero-order valence-electron chi connectivity index (χ0n) is 7.16. The van der Waals surface area contributed by atoms with Crippen LogP contribution in [0.3, 0.4) is 0 Å². The van der Waals surface area contributed by atoms with Gasteiger partial charge in [0, 0.05) is 18.9 Å². The Balaban J connectivity index is 0.00000144. The largest absolute Gasteiger partial charge is 0.383 e. The molecule has 6 heteroatoms. The Bertz CT molecular complexity index is 270. The third kappa shape index (κ3) is 3.34. The number of hydrogen-bond acceptors (Lipinski definition) is 4. The number of nitrogens with two attached hydrogens (primary N) is 1. The lowest BCUT2D eigenvalue weighted by Gasteiger charge is -2.02. The van der Waals surface area contributed by atoms with Crippen LogP contribution in [0.15, 0.2) is 6.20 Å². The summed E-state index contributed by atoms with van der Waals surface area (Å²) in [4.78, 5) is 7.99. The van der Waals surface area contributed by atoms with Gasteiger partial charge < -0.3 is 10.5 Å². The van der Waals surface area contributed by atoms with E-state index in [1.807, 2.05) is 0 Å². The lowest BCUT2D eigenvalue weighted by atomic mass is 10.3. The number of nitrogen functional groups attached to an aromatic ring is 1. The molecule has 1 rings (SSSR count). The molecule has 0 saturated heterocycles. The predicted molar refractivity (Wildman–Crippen MR) is 54.0 cm³/mol. The van der Waals surface area contributed by atoms with Gasteiger partial charge in [-0.3, -0.25) is 0 Å². The van der Waals surface area contributed by atoms with E-state index in [4.69, 9.17) is 22.1 Å². The minimum absolute atomic E-state index is 0. The molecule has 74 valence electrons. The molecule has 0 amide bonds. The summed E-state index contributed by atoms with van der Waals surface area (Å²) in [7, 11) is 1.58. The fourth-order valence-electron chi connectivity index (χ4n) is 0.760. The first-order valence-electron chi connectivity index (χ1n) is 3.43. The molecule has 0 saturated carbocycles. The van der Waals surface area contributed by atoms with E-state index < -0.39 is 0 Å². The van der Waals surface area contributed by atoms with Crippen molar-refractivity contribution in [3.63, 3.8) is 0 Å². The Morgan fingerprint density at radius 1 is 1.62 bits per heavy atom. The van der Waals surface area contributed by atoms with E-state index in [1.54, 1.807) is 13.3 Å². The van der Waals surface area contributed by atoms with E-state index in [1.165, 1.54) is 0 Å². The molecule has 0 aliphatic heterocycles. The summed E-state index contributed by atoms with van der Waals surface area (Å²) in [5.74, 6) is 1.33. The minimum atomic E-state index is 0. The second-order valence-corrected chi connectivity index (χ2v) is 2.53. The Hall–Kier alpha value is -0.580. The summed E-state index contributed by atoms with van der Waals surface area (Å²) in [5, 5.41) is 0. The van der Waals surface area contributed by atoms with Gasteiger partial charge in [-0.2, -0.15) is 0 Å². The molecule has 4 nitrogen and oxygen atoms in total. The SMILES string of the molecule is COCc1ncc(CCl)c(N)n1.Cl. The number of nitrogens with zero attached hydrogens (tertiary/aromatic N) is 2. The van der Waals surface area contributed by atoms with Crippen LogP contribution in [0.5, 0.6) is 0 Å². The second-order valence-electron chi connectivity index (χ2n) is 2.26. The van der Waals surface area contributed by atoms with Gasteiger partial charge in [-0.25, -0.2) is 9.97 Å². The zero-order chi connectivity index (χ0) is 8.97. The number of methoxy groups -OCH3 is 1. The Morgan fingerprint density at radius 3 is 2.77 bits per heavy atom. The van der Waals surface area contributed by atoms with Crippen molar-refractivity contribution >= 4 is 29.8 Å². The summed E-state index contributed by atoms with van der Waals surface area (Å²) in [6.07, 6.45) is 1.61. The van der Waals surface area contributed by atoms with Crippen LogP contribution in [0.2, 0.25) is 0 Å². The number of aromatic nitrogens is 2. The van der Waals surface area contributed by atoms with Crippen molar-refractivity contribution in [2.24, 2.45) is 0 Å². The van der Waals surface area contributed by atoms with Gasteiger partial charge in [0.25, 0.3) is 0 Å². The van der Waals surface area contributed by atoms with Gasteiger partial charge in [0.2, 0.25) is 0 Å². The van der Waals surface area contributed by atoms with E-state index in [2.05, 4.69) is 9.97 Å². The first-order chi connectivity index (χ1) is 5.77. The van der Waals surface area contributed by atoms with Gasteiger partial charge in [0.1, 0.15) is 12.4 Å². The molecular weight excluding hydrogens is 213 g/mol. The van der Waals surface area contributed by atoms with E-state index in [9.17, 15) is 0 Å².